The largest absolute Gasteiger partial charge is 0.381 e. The summed E-state index contributed by atoms with van der Waals surface area (Å²) in [5.74, 6) is 1.16. The maximum atomic E-state index is 12.0. The van der Waals surface area contributed by atoms with Crippen molar-refractivity contribution in [1.29, 1.82) is 0 Å². The van der Waals surface area contributed by atoms with E-state index in [-0.39, 0.29) is 11.3 Å². The molecule has 2 aliphatic rings. The Morgan fingerprint density at radius 3 is 3.00 bits per heavy atom. The number of H-pyrrole nitrogens is 1. The molecule has 1 saturated heterocycles. The van der Waals surface area contributed by atoms with Crippen LogP contribution < -0.4 is 5.32 Å². The molecule has 0 saturated carbocycles. The number of nitrogens with one attached hydrogen (secondary N) is 2. The Labute approximate surface area is 106 Å². The summed E-state index contributed by atoms with van der Waals surface area (Å²) >= 11 is 0. The number of nitrogens with zero attached hydrogens (tertiary/aromatic N) is 1. The van der Waals surface area contributed by atoms with Crippen molar-refractivity contribution in [2.24, 2.45) is 5.41 Å². The van der Waals surface area contributed by atoms with Gasteiger partial charge in [-0.3, -0.25) is 4.79 Å². The first-order valence-electron chi connectivity index (χ1n) is 6.50. The van der Waals surface area contributed by atoms with E-state index in [1.165, 1.54) is 0 Å². The van der Waals surface area contributed by atoms with E-state index < -0.39 is 0 Å². The number of hydrogen-bond acceptors (Lipinski definition) is 3. The van der Waals surface area contributed by atoms with E-state index in [9.17, 15) is 4.79 Å². The fourth-order valence-corrected chi connectivity index (χ4v) is 2.63. The minimum Gasteiger partial charge on any atom is -0.381 e. The first-order valence-corrected chi connectivity index (χ1v) is 6.50. The summed E-state index contributed by atoms with van der Waals surface area (Å²) in [4.78, 5) is 19.8. The zero-order valence-corrected chi connectivity index (χ0v) is 10.9. The molecule has 0 unspecified atom stereocenters. The third-order valence-corrected chi connectivity index (χ3v) is 3.71. The lowest BCUT2D eigenvalue weighted by atomic mass is 9.88. The lowest BCUT2D eigenvalue weighted by molar-refractivity contribution is 0.0940. The van der Waals surface area contributed by atoms with Gasteiger partial charge in [-0.1, -0.05) is 13.8 Å². The first-order chi connectivity index (χ1) is 8.55. The highest BCUT2D eigenvalue weighted by atomic mass is 16.5. The Morgan fingerprint density at radius 1 is 1.44 bits per heavy atom. The van der Waals surface area contributed by atoms with Gasteiger partial charge in [0.1, 0.15) is 11.5 Å². The highest BCUT2D eigenvalue weighted by Crippen LogP contribution is 2.28. The second-order valence-corrected chi connectivity index (χ2v) is 6.03. The molecule has 1 aromatic heterocycles. The number of ether oxygens (including phenoxy) is 1. The zero-order chi connectivity index (χ0) is 12.8. The fraction of sp³-hybridized carbons (Fsp3) is 0.692. The number of imidazole rings is 1. The van der Waals surface area contributed by atoms with E-state index in [1.54, 1.807) is 0 Å². The second kappa shape index (κ2) is 4.09. The highest BCUT2D eigenvalue weighted by molar-refractivity contribution is 5.94. The van der Waals surface area contributed by atoms with Gasteiger partial charge in [0.05, 0.1) is 6.61 Å². The average Bonchev–Trinajstić information content (AvgIpc) is 2.91. The van der Waals surface area contributed by atoms with Gasteiger partial charge >= 0.3 is 0 Å². The molecule has 1 fully saturated rings. The molecule has 1 aromatic rings. The molecule has 0 aliphatic carbocycles. The summed E-state index contributed by atoms with van der Waals surface area (Å²) in [7, 11) is 0. The molecule has 2 aliphatic heterocycles. The molecule has 5 heteroatoms. The predicted octanol–water partition coefficient (Wildman–Crippen LogP) is 1.23. The molecule has 98 valence electrons. The van der Waals surface area contributed by atoms with Crippen LogP contribution in [-0.2, 0) is 11.2 Å². The molecule has 0 radical (unpaired) electrons. The predicted molar refractivity (Wildman–Crippen MR) is 66.6 cm³/mol. The summed E-state index contributed by atoms with van der Waals surface area (Å²) < 4.78 is 5.38. The Balaban J connectivity index is 1.94. The van der Waals surface area contributed by atoms with Crippen molar-refractivity contribution >= 4 is 5.91 Å². The Morgan fingerprint density at radius 2 is 2.28 bits per heavy atom. The molecule has 2 N–H and O–H groups in total. The van der Waals surface area contributed by atoms with Crippen LogP contribution in [0.1, 0.15) is 48.2 Å². The Hall–Kier alpha value is -1.36. The number of fused-ring (bicyclic) bond motifs is 1. The molecule has 5 nitrogen and oxygen atoms in total. The Kier molecular flexibility index (Phi) is 2.66. The third kappa shape index (κ3) is 2.03. The van der Waals surface area contributed by atoms with Crippen molar-refractivity contribution in [2.75, 3.05) is 19.8 Å². The monoisotopic (exact) mass is 249 g/mol. The van der Waals surface area contributed by atoms with E-state index in [0.29, 0.717) is 24.8 Å². The fourth-order valence-electron chi connectivity index (χ4n) is 2.63. The minimum atomic E-state index is -0.0583. The van der Waals surface area contributed by atoms with E-state index in [0.717, 1.165) is 31.0 Å². The van der Waals surface area contributed by atoms with Gasteiger partial charge in [0.2, 0.25) is 0 Å². The van der Waals surface area contributed by atoms with Gasteiger partial charge in [0.15, 0.2) is 0 Å². The molecule has 0 bridgehead atoms. The van der Waals surface area contributed by atoms with Crippen molar-refractivity contribution in [3.8, 4) is 0 Å². The maximum absolute atomic E-state index is 12.0. The minimum absolute atomic E-state index is 0.0583. The van der Waals surface area contributed by atoms with E-state index in [1.807, 2.05) is 0 Å². The van der Waals surface area contributed by atoms with Gasteiger partial charge in [0, 0.05) is 24.8 Å². The van der Waals surface area contributed by atoms with Crippen molar-refractivity contribution in [2.45, 2.75) is 32.6 Å². The molecule has 3 rings (SSSR count). The molecule has 1 amide bonds. The normalized spacial score (nSPS) is 26.6. The Bertz CT molecular complexity index is 473. The molecule has 18 heavy (non-hydrogen) atoms. The van der Waals surface area contributed by atoms with Gasteiger partial charge in [0.25, 0.3) is 5.91 Å². The number of carbonyl (C=O) groups is 1. The number of amides is 1. The van der Waals surface area contributed by atoms with Crippen LogP contribution in [0.4, 0.5) is 0 Å². The lowest BCUT2D eigenvalue weighted by Crippen LogP contribution is -2.32. The highest BCUT2D eigenvalue weighted by Gasteiger charge is 2.31. The van der Waals surface area contributed by atoms with Gasteiger partial charge in [-0.05, 0) is 18.3 Å². The van der Waals surface area contributed by atoms with E-state index >= 15 is 0 Å². The summed E-state index contributed by atoms with van der Waals surface area (Å²) in [5, 5.41) is 2.94. The van der Waals surface area contributed by atoms with Crippen LogP contribution in [0.15, 0.2) is 0 Å². The van der Waals surface area contributed by atoms with Crippen LogP contribution in [0.2, 0.25) is 0 Å². The quantitative estimate of drug-likeness (QED) is 0.786. The summed E-state index contributed by atoms with van der Waals surface area (Å²) in [6.07, 6.45) is 1.83. The summed E-state index contributed by atoms with van der Waals surface area (Å²) in [6.45, 7) is 6.49. The summed E-state index contributed by atoms with van der Waals surface area (Å²) in [5.41, 5.74) is 1.61. The second-order valence-electron chi connectivity index (χ2n) is 6.03. The zero-order valence-electron chi connectivity index (χ0n) is 10.9. The van der Waals surface area contributed by atoms with Gasteiger partial charge < -0.3 is 15.0 Å². The van der Waals surface area contributed by atoms with Crippen molar-refractivity contribution in [3.05, 3.63) is 17.2 Å². The van der Waals surface area contributed by atoms with Crippen LogP contribution in [-0.4, -0.2) is 35.6 Å². The van der Waals surface area contributed by atoms with Gasteiger partial charge in [-0.2, -0.15) is 0 Å². The number of rotatable bonds is 1. The molecular formula is C13H19N3O2. The summed E-state index contributed by atoms with van der Waals surface area (Å²) in [6, 6.07) is 0. The molecule has 3 heterocycles. The smallest absolute Gasteiger partial charge is 0.271 e. The van der Waals surface area contributed by atoms with Crippen LogP contribution >= 0.6 is 0 Å². The number of aromatic nitrogens is 2. The number of hydrogen-bond donors (Lipinski definition) is 2. The van der Waals surface area contributed by atoms with E-state index in [4.69, 9.17) is 4.74 Å². The van der Waals surface area contributed by atoms with Crippen LogP contribution in [0.25, 0.3) is 0 Å². The standard InChI is InChI=1S/C13H19N3O2/c1-13(2)5-9-10(12(17)14-7-13)16-11(15-9)8-3-4-18-6-8/h8H,3-7H2,1-2H3,(H,14,17)(H,15,16)/t8-/m1/s1. The van der Waals surface area contributed by atoms with Crippen molar-refractivity contribution < 1.29 is 9.53 Å². The maximum Gasteiger partial charge on any atom is 0.271 e. The van der Waals surface area contributed by atoms with Crippen LogP contribution in [0.3, 0.4) is 0 Å². The van der Waals surface area contributed by atoms with Crippen LogP contribution in [0, 0.1) is 5.41 Å². The molecule has 0 spiro atoms. The van der Waals surface area contributed by atoms with Crippen molar-refractivity contribution in [1.82, 2.24) is 15.3 Å². The number of carbonyl (C=O) groups excluding carboxylic acids is 1. The lowest BCUT2D eigenvalue weighted by Gasteiger charge is -2.21. The van der Waals surface area contributed by atoms with Crippen LogP contribution in [0.5, 0.6) is 0 Å². The number of aromatic amines is 1. The van der Waals surface area contributed by atoms with E-state index in [2.05, 4.69) is 29.1 Å². The molecule has 1 atom stereocenters. The third-order valence-electron chi connectivity index (χ3n) is 3.71. The first kappa shape index (κ1) is 11.7. The molecule has 0 aromatic carbocycles. The SMILES string of the molecule is CC1(C)CNC(=O)c2nc([C@@H]3CCOC3)[nH]c2C1. The molecular weight excluding hydrogens is 230 g/mol. The average molecular weight is 249 g/mol. The van der Waals surface area contributed by atoms with Gasteiger partial charge in [-0.15, -0.1) is 0 Å². The van der Waals surface area contributed by atoms with Crippen molar-refractivity contribution in [3.63, 3.8) is 0 Å². The van der Waals surface area contributed by atoms with Gasteiger partial charge in [-0.25, -0.2) is 4.98 Å². The topological polar surface area (TPSA) is 67.0 Å².